The topological polar surface area (TPSA) is 63.4 Å². The summed E-state index contributed by atoms with van der Waals surface area (Å²) in [5.41, 5.74) is 5.85. The lowest BCUT2D eigenvalue weighted by atomic mass is 9.92. The Bertz CT molecular complexity index is 549. The summed E-state index contributed by atoms with van der Waals surface area (Å²) in [6, 6.07) is 8.72. The number of sulfone groups is 1. The van der Waals surface area contributed by atoms with Gasteiger partial charge in [-0.25, -0.2) is 8.42 Å². The molecule has 22 heavy (non-hydrogen) atoms. The van der Waals surface area contributed by atoms with E-state index in [1.54, 1.807) is 24.3 Å². The van der Waals surface area contributed by atoms with Gasteiger partial charge in [0.1, 0.15) is 0 Å². The highest BCUT2D eigenvalue weighted by atomic mass is 32.2. The normalized spacial score (nSPS) is 19.5. The van der Waals surface area contributed by atoms with Crippen molar-refractivity contribution in [1.29, 1.82) is 0 Å². The Kier molecular flexibility index (Phi) is 6.01. The van der Waals surface area contributed by atoms with Crippen LogP contribution in [0.3, 0.4) is 0 Å². The number of piperidine rings is 1. The van der Waals surface area contributed by atoms with E-state index in [-0.39, 0.29) is 12.5 Å². The smallest absolute Gasteiger partial charge is 0.182 e. The van der Waals surface area contributed by atoms with Gasteiger partial charge in [0.25, 0.3) is 0 Å². The van der Waals surface area contributed by atoms with Crippen molar-refractivity contribution in [3.8, 4) is 0 Å². The molecule has 1 atom stereocenters. The highest BCUT2D eigenvalue weighted by Crippen LogP contribution is 2.28. The van der Waals surface area contributed by atoms with Gasteiger partial charge >= 0.3 is 0 Å². The predicted molar refractivity (Wildman–Crippen MR) is 90.5 cm³/mol. The van der Waals surface area contributed by atoms with Crippen LogP contribution in [0.2, 0.25) is 0 Å². The van der Waals surface area contributed by atoms with Gasteiger partial charge < -0.3 is 10.6 Å². The fourth-order valence-electron chi connectivity index (χ4n) is 3.38. The van der Waals surface area contributed by atoms with Crippen molar-refractivity contribution in [2.75, 3.05) is 26.2 Å². The molecular weight excluding hydrogens is 296 g/mol. The third-order valence-corrected chi connectivity index (χ3v) is 6.79. The van der Waals surface area contributed by atoms with E-state index in [9.17, 15) is 8.42 Å². The maximum absolute atomic E-state index is 12.8. The minimum absolute atomic E-state index is 0.165. The number of hydrogen-bond donors (Lipinski definition) is 1. The van der Waals surface area contributed by atoms with Crippen molar-refractivity contribution in [3.63, 3.8) is 0 Å². The summed E-state index contributed by atoms with van der Waals surface area (Å²) in [4.78, 5) is 2.83. The summed E-state index contributed by atoms with van der Waals surface area (Å²) >= 11 is 0. The van der Waals surface area contributed by atoms with Gasteiger partial charge in [0.15, 0.2) is 9.84 Å². The molecule has 1 saturated heterocycles. The number of likely N-dealkylation sites (tertiary alicyclic amines) is 1. The molecule has 0 amide bonds. The average molecular weight is 324 g/mol. The van der Waals surface area contributed by atoms with E-state index in [1.807, 2.05) is 6.07 Å². The van der Waals surface area contributed by atoms with E-state index in [1.165, 1.54) is 0 Å². The molecule has 124 valence electrons. The maximum Gasteiger partial charge on any atom is 0.182 e. The van der Waals surface area contributed by atoms with Crippen molar-refractivity contribution in [1.82, 2.24) is 4.90 Å². The lowest BCUT2D eigenvalue weighted by Gasteiger charge is -2.36. The van der Waals surface area contributed by atoms with Crippen molar-refractivity contribution in [2.45, 2.75) is 36.8 Å². The van der Waals surface area contributed by atoms with Crippen molar-refractivity contribution in [2.24, 2.45) is 17.6 Å². The molecule has 1 heterocycles. The number of benzene rings is 1. The van der Waals surface area contributed by atoms with E-state index in [0.29, 0.717) is 10.8 Å². The van der Waals surface area contributed by atoms with Crippen LogP contribution in [-0.2, 0) is 9.84 Å². The summed E-state index contributed by atoms with van der Waals surface area (Å²) in [6.45, 7) is 7.67. The lowest BCUT2D eigenvalue weighted by molar-refractivity contribution is 0.165. The molecule has 0 aliphatic carbocycles. The first kappa shape index (κ1) is 17.4. The van der Waals surface area contributed by atoms with Gasteiger partial charge in [-0.15, -0.1) is 0 Å². The fraction of sp³-hybridized carbons (Fsp3) is 0.647. The van der Waals surface area contributed by atoms with Crippen LogP contribution >= 0.6 is 0 Å². The lowest BCUT2D eigenvalue weighted by Crippen LogP contribution is -2.44. The molecule has 0 spiro atoms. The predicted octanol–water partition coefficient (Wildman–Crippen LogP) is 2.16. The molecule has 0 aromatic heterocycles. The van der Waals surface area contributed by atoms with Gasteiger partial charge in [0.05, 0.1) is 10.1 Å². The van der Waals surface area contributed by atoms with Crippen LogP contribution in [0.1, 0.15) is 26.7 Å². The van der Waals surface area contributed by atoms with Crippen LogP contribution in [0.25, 0.3) is 0 Å². The van der Waals surface area contributed by atoms with Crippen molar-refractivity contribution in [3.05, 3.63) is 30.3 Å². The molecule has 4 nitrogen and oxygen atoms in total. The quantitative estimate of drug-likeness (QED) is 0.871. The molecule has 0 saturated carbocycles. The van der Waals surface area contributed by atoms with Gasteiger partial charge in [0, 0.05) is 13.1 Å². The van der Waals surface area contributed by atoms with Gasteiger partial charge in [-0.3, -0.25) is 0 Å². The number of nitrogens with two attached hydrogens (primary N) is 1. The summed E-state index contributed by atoms with van der Waals surface area (Å²) in [6.07, 6.45) is 1.83. The van der Waals surface area contributed by atoms with Crippen molar-refractivity contribution >= 4 is 9.84 Å². The molecule has 2 rings (SSSR count). The fourth-order valence-corrected chi connectivity index (χ4v) is 5.30. The van der Waals surface area contributed by atoms with Crippen LogP contribution in [0.5, 0.6) is 0 Å². The van der Waals surface area contributed by atoms with Gasteiger partial charge in [-0.2, -0.15) is 0 Å². The first-order valence-corrected chi connectivity index (χ1v) is 9.71. The molecular formula is C17H28N2O2S. The van der Waals surface area contributed by atoms with Crippen LogP contribution < -0.4 is 5.73 Å². The standard InChI is InChI=1S/C17H28N2O2S/c1-14(2)13-19-10-8-15(9-11-19)17(12-18)22(20,21)16-6-4-3-5-7-16/h3-7,14-15,17H,8-13,18H2,1-2H3. The Morgan fingerprint density at radius 2 is 1.77 bits per heavy atom. The molecule has 1 unspecified atom stereocenters. The molecule has 0 radical (unpaired) electrons. The van der Waals surface area contributed by atoms with Gasteiger partial charge in [0.2, 0.25) is 0 Å². The minimum Gasteiger partial charge on any atom is -0.329 e. The Morgan fingerprint density at radius 1 is 1.18 bits per heavy atom. The number of hydrogen-bond acceptors (Lipinski definition) is 4. The maximum atomic E-state index is 12.8. The average Bonchev–Trinajstić information content (AvgIpc) is 2.50. The Balaban J connectivity index is 2.07. The number of rotatable bonds is 6. The summed E-state index contributed by atoms with van der Waals surface area (Å²) < 4.78 is 25.7. The second-order valence-corrected chi connectivity index (χ2v) is 8.83. The summed E-state index contributed by atoms with van der Waals surface area (Å²) in [5, 5.41) is -0.462. The molecule has 1 aromatic rings. The van der Waals surface area contributed by atoms with E-state index in [2.05, 4.69) is 18.7 Å². The van der Waals surface area contributed by atoms with Crippen LogP contribution in [0, 0.1) is 11.8 Å². The highest BCUT2D eigenvalue weighted by Gasteiger charge is 2.35. The first-order valence-electron chi connectivity index (χ1n) is 8.16. The van der Waals surface area contributed by atoms with Crippen LogP contribution in [0.15, 0.2) is 35.2 Å². The molecule has 1 aliphatic heterocycles. The zero-order valence-corrected chi connectivity index (χ0v) is 14.4. The van der Waals surface area contributed by atoms with Gasteiger partial charge in [-0.1, -0.05) is 32.0 Å². The molecule has 1 fully saturated rings. The second-order valence-electron chi connectivity index (χ2n) is 6.66. The van der Waals surface area contributed by atoms with E-state index >= 15 is 0 Å². The summed E-state index contributed by atoms with van der Waals surface area (Å²) in [5.74, 6) is 0.813. The highest BCUT2D eigenvalue weighted by molar-refractivity contribution is 7.92. The van der Waals surface area contributed by atoms with E-state index < -0.39 is 15.1 Å². The molecule has 1 aliphatic rings. The zero-order valence-electron chi connectivity index (χ0n) is 13.6. The number of nitrogens with zero attached hydrogens (tertiary/aromatic N) is 1. The second kappa shape index (κ2) is 7.57. The third kappa shape index (κ3) is 4.09. The van der Waals surface area contributed by atoms with E-state index in [4.69, 9.17) is 5.73 Å². The van der Waals surface area contributed by atoms with Gasteiger partial charge in [-0.05, 0) is 49.9 Å². The SMILES string of the molecule is CC(C)CN1CCC(C(CN)S(=O)(=O)c2ccccc2)CC1. The molecule has 2 N–H and O–H groups in total. The zero-order chi connectivity index (χ0) is 16.2. The van der Waals surface area contributed by atoms with Crippen LogP contribution in [-0.4, -0.2) is 44.7 Å². The minimum atomic E-state index is -3.33. The van der Waals surface area contributed by atoms with Crippen molar-refractivity contribution < 1.29 is 8.42 Å². The molecule has 5 heteroatoms. The molecule has 1 aromatic carbocycles. The monoisotopic (exact) mass is 324 g/mol. The van der Waals surface area contributed by atoms with E-state index in [0.717, 1.165) is 32.5 Å². The Hall–Kier alpha value is -0.910. The molecule has 0 bridgehead atoms. The third-order valence-electron chi connectivity index (χ3n) is 4.48. The first-order chi connectivity index (χ1) is 10.4. The van der Waals surface area contributed by atoms with Crippen LogP contribution in [0.4, 0.5) is 0 Å². The Labute approximate surface area is 134 Å². The summed E-state index contributed by atoms with van der Waals surface area (Å²) in [7, 11) is -3.33. The Morgan fingerprint density at radius 3 is 2.27 bits per heavy atom. The largest absolute Gasteiger partial charge is 0.329 e.